The van der Waals surface area contributed by atoms with Crippen molar-refractivity contribution in [2.24, 2.45) is 5.92 Å². The monoisotopic (exact) mass is 239 g/mol. The van der Waals surface area contributed by atoms with Crippen LogP contribution < -0.4 is 10.6 Å². The van der Waals surface area contributed by atoms with E-state index in [1.165, 1.54) is 12.1 Å². The number of hydrogen-bond acceptors (Lipinski definition) is 4. The van der Waals surface area contributed by atoms with Gasteiger partial charge in [0.2, 0.25) is 0 Å². The maximum atomic E-state index is 13.1. The molecule has 2 rings (SSSR count). The number of benzene rings is 1. The highest BCUT2D eigenvalue weighted by Crippen LogP contribution is 2.20. The van der Waals surface area contributed by atoms with Crippen molar-refractivity contribution >= 4 is 11.4 Å². The number of non-ortho nitro benzene ring substituents is 1. The molecule has 1 heterocycles. The summed E-state index contributed by atoms with van der Waals surface area (Å²) >= 11 is 0. The highest BCUT2D eigenvalue weighted by atomic mass is 19.1. The second-order valence-corrected chi connectivity index (χ2v) is 4.19. The fourth-order valence-electron chi connectivity index (χ4n) is 1.93. The lowest BCUT2D eigenvalue weighted by molar-refractivity contribution is -0.385. The number of nitro groups is 1. The molecule has 0 aliphatic carbocycles. The third kappa shape index (κ3) is 3.13. The molecule has 1 aliphatic rings. The molecule has 0 radical (unpaired) electrons. The van der Waals surface area contributed by atoms with E-state index in [2.05, 4.69) is 10.6 Å². The fourth-order valence-corrected chi connectivity index (χ4v) is 1.93. The Morgan fingerprint density at radius 3 is 3.00 bits per heavy atom. The number of nitrogens with zero attached hydrogens (tertiary/aromatic N) is 1. The van der Waals surface area contributed by atoms with E-state index in [9.17, 15) is 14.5 Å². The van der Waals surface area contributed by atoms with Crippen molar-refractivity contribution in [2.75, 3.05) is 25.0 Å². The lowest BCUT2D eigenvalue weighted by atomic mass is 10.1. The first-order valence-corrected chi connectivity index (χ1v) is 5.55. The van der Waals surface area contributed by atoms with E-state index in [4.69, 9.17) is 0 Å². The van der Waals surface area contributed by atoms with E-state index >= 15 is 0 Å². The quantitative estimate of drug-likeness (QED) is 0.620. The number of anilines is 1. The number of halogens is 1. The molecule has 1 saturated heterocycles. The normalized spacial score (nSPS) is 19.2. The standard InChI is InChI=1S/C11H14FN3O2/c12-9-3-10(5-11(4-9)15(16)17)14-7-8-1-2-13-6-8/h3-5,8,13-14H,1-2,6-7H2. The zero-order valence-electron chi connectivity index (χ0n) is 9.28. The van der Waals surface area contributed by atoms with Crippen LogP contribution in [0.4, 0.5) is 15.8 Å². The molecular formula is C11H14FN3O2. The van der Waals surface area contributed by atoms with Crippen molar-refractivity contribution in [1.29, 1.82) is 0 Å². The molecule has 1 atom stereocenters. The summed E-state index contributed by atoms with van der Waals surface area (Å²) in [5.74, 6) is -0.0939. The Labute approximate surface area is 98.2 Å². The van der Waals surface area contributed by atoms with Crippen LogP contribution in [0.5, 0.6) is 0 Å². The van der Waals surface area contributed by atoms with Gasteiger partial charge in [0.15, 0.2) is 0 Å². The van der Waals surface area contributed by atoms with Gasteiger partial charge in [0, 0.05) is 18.3 Å². The minimum Gasteiger partial charge on any atom is -0.384 e. The highest BCUT2D eigenvalue weighted by Gasteiger charge is 2.15. The molecule has 1 aromatic carbocycles. The smallest absolute Gasteiger partial charge is 0.274 e. The molecule has 0 amide bonds. The lowest BCUT2D eigenvalue weighted by Crippen LogP contribution is -2.17. The Morgan fingerprint density at radius 2 is 2.35 bits per heavy atom. The molecular weight excluding hydrogens is 225 g/mol. The van der Waals surface area contributed by atoms with Gasteiger partial charge < -0.3 is 10.6 Å². The maximum Gasteiger partial charge on any atom is 0.274 e. The topological polar surface area (TPSA) is 67.2 Å². The maximum absolute atomic E-state index is 13.1. The first kappa shape index (κ1) is 11.8. The molecule has 17 heavy (non-hydrogen) atoms. The van der Waals surface area contributed by atoms with Crippen LogP contribution in [-0.2, 0) is 0 Å². The van der Waals surface area contributed by atoms with Crippen LogP contribution in [0.3, 0.4) is 0 Å². The Morgan fingerprint density at radius 1 is 1.53 bits per heavy atom. The van der Waals surface area contributed by atoms with Gasteiger partial charge in [-0.3, -0.25) is 10.1 Å². The Kier molecular flexibility index (Phi) is 3.53. The van der Waals surface area contributed by atoms with Gasteiger partial charge in [0.05, 0.1) is 11.0 Å². The van der Waals surface area contributed by atoms with Gasteiger partial charge >= 0.3 is 0 Å². The van der Waals surface area contributed by atoms with Crippen molar-refractivity contribution in [3.8, 4) is 0 Å². The van der Waals surface area contributed by atoms with E-state index < -0.39 is 10.7 Å². The van der Waals surface area contributed by atoms with Gasteiger partial charge in [-0.05, 0) is 31.5 Å². The highest BCUT2D eigenvalue weighted by molar-refractivity contribution is 5.51. The van der Waals surface area contributed by atoms with Crippen LogP contribution in [-0.4, -0.2) is 24.6 Å². The van der Waals surface area contributed by atoms with E-state index in [1.54, 1.807) is 0 Å². The Balaban J connectivity index is 2.01. The summed E-state index contributed by atoms with van der Waals surface area (Å²) in [5.41, 5.74) is 0.237. The van der Waals surface area contributed by atoms with Crippen molar-refractivity contribution in [3.05, 3.63) is 34.1 Å². The molecule has 0 bridgehead atoms. The minimum atomic E-state index is -0.592. The summed E-state index contributed by atoms with van der Waals surface area (Å²) in [6, 6.07) is 3.54. The number of hydrogen-bond donors (Lipinski definition) is 2. The molecule has 0 saturated carbocycles. The first-order valence-electron chi connectivity index (χ1n) is 5.55. The van der Waals surface area contributed by atoms with Crippen molar-refractivity contribution < 1.29 is 9.31 Å². The molecule has 1 fully saturated rings. The third-order valence-corrected chi connectivity index (χ3v) is 2.85. The second kappa shape index (κ2) is 5.09. The van der Waals surface area contributed by atoms with Crippen molar-refractivity contribution in [2.45, 2.75) is 6.42 Å². The predicted molar refractivity (Wildman–Crippen MR) is 62.5 cm³/mol. The summed E-state index contributed by atoms with van der Waals surface area (Å²) in [4.78, 5) is 9.98. The fraction of sp³-hybridized carbons (Fsp3) is 0.455. The zero-order valence-corrected chi connectivity index (χ0v) is 9.28. The van der Waals surface area contributed by atoms with Gasteiger partial charge in [-0.1, -0.05) is 0 Å². The second-order valence-electron chi connectivity index (χ2n) is 4.19. The lowest BCUT2D eigenvalue weighted by Gasteiger charge is -2.11. The van der Waals surface area contributed by atoms with Crippen molar-refractivity contribution in [3.63, 3.8) is 0 Å². The van der Waals surface area contributed by atoms with E-state index in [1.807, 2.05) is 0 Å². The third-order valence-electron chi connectivity index (χ3n) is 2.85. The SMILES string of the molecule is O=[N+]([O-])c1cc(F)cc(NCC2CCNC2)c1. The number of nitro benzene ring substituents is 1. The Hall–Kier alpha value is -1.69. The summed E-state index contributed by atoms with van der Waals surface area (Å²) in [5, 5.41) is 16.8. The van der Waals surface area contributed by atoms with Crippen molar-refractivity contribution in [1.82, 2.24) is 5.32 Å². The van der Waals surface area contributed by atoms with E-state index in [0.29, 0.717) is 18.2 Å². The molecule has 1 unspecified atom stereocenters. The molecule has 0 spiro atoms. The summed E-state index contributed by atoms with van der Waals surface area (Å²) < 4.78 is 13.1. The van der Waals surface area contributed by atoms with Gasteiger partial charge in [-0.15, -0.1) is 0 Å². The molecule has 5 nitrogen and oxygen atoms in total. The first-order chi connectivity index (χ1) is 8.15. The molecule has 1 aromatic rings. The molecule has 6 heteroatoms. The van der Waals surface area contributed by atoms with Crippen LogP contribution in [0.15, 0.2) is 18.2 Å². The van der Waals surface area contributed by atoms with Crippen LogP contribution in [0.2, 0.25) is 0 Å². The number of nitrogens with one attached hydrogen (secondary N) is 2. The Bertz CT molecular complexity index is 419. The van der Waals surface area contributed by atoms with Crippen LogP contribution in [0.1, 0.15) is 6.42 Å². The van der Waals surface area contributed by atoms with E-state index in [0.717, 1.165) is 25.6 Å². The van der Waals surface area contributed by atoms with Gasteiger partial charge in [-0.2, -0.15) is 0 Å². The van der Waals surface area contributed by atoms with Gasteiger partial charge in [-0.25, -0.2) is 4.39 Å². The van der Waals surface area contributed by atoms with Crippen LogP contribution in [0, 0.1) is 21.8 Å². The predicted octanol–water partition coefficient (Wildman–Crippen LogP) is 1.76. The molecule has 2 N–H and O–H groups in total. The minimum absolute atomic E-state index is 0.225. The zero-order chi connectivity index (χ0) is 12.3. The van der Waals surface area contributed by atoms with Crippen LogP contribution >= 0.6 is 0 Å². The number of rotatable bonds is 4. The van der Waals surface area contributed by atoms with Gasteiger partial charge in [0.25, 0.3) is 5.69 Å². The van der Waals surface area contributed by atoms with E-state index in [-0.39, 0.29) is 5.69 Å². The average molecular weight is 239 g/mol. The van der Waals surface area contributed by atoms with Gasteiger partial charge in [0.1, 0.15) is 5.82 Å². The van der Waals surface area contributed by atoms with Crippen LogP contribution in [0.25, 0.3) is 0 Å². The average Bonchev–Trinajstić information content (AvgIpc) is 2.78. The largest absolute Gasteiger partial charge is 0.384 e. The summed E-state index contributed by atoms with van der Waals surface area (Å²) in [6.07, 6.45) is 1.07. The molecule has 0 aromatic heterocycles. The molecule has 1 aliphatic heterocycles. The molecule has 92 valence electrons. The summed E-state index contributed by atoms with van der Waals surface area (Å²) in [7, 11) is 0. The summed E-state index contributed by atoms with van der Waals surface area (Å²) in [6.45, 7) is 2.63.